The molecule has 1 aromatic carbocycles. The van der Waals surface area contributed by atoms with E-state index in [0.717, 1.165) is 11.3 Å². The van der Waals surface area contributed by atoms with Crippen LogP contribution in [0.25, 0.3) is 0 Å². The second kappa shape index (κ2) is 3.36. The van der Waals surface area contributed by atoms with Gasteiger partial charge < -0.3 is 10.6 Å². The smallest absolute Gasteiger partial charge is 0.327 e. The van der Waals surface area contributed by atoms with Crippen LogP contribution < -0.4 is 16.4 Å². The summed E-state index contributed by atoms with van der Waals surface area (Å²) < 4.78 is 0. The standard InChI is InChI=1S/C8H9ClN4O/c1-5-4-6(9)2-3-7(5)13-11-8(10)14-12-13/h2-4,12H,1H3,(H2,10,11). The molecule has 14 heavy (non-hydrogen) atoms. The van der Waals surface area contributed by atoms with Crippen LogP contribution in [0.2, 0.25) is 5.02 Å². The van der Waals surface area contributed by atoms with E-state index >= 15 is 0 Å². The number of anilines is 1. The first kappa shape index (κ1) is 9.11. The van der Waals surface area contributed by atoms with Crippen molar-refractivity contribution in [1.82, 2.24) is 5.59 Å². The minimum absolute atomic E-state index is 0.0827. The number of nitrogens with one attached hydrogen (secondary N) is 1. The number of amidine groups is 1. The summed E-state index contributed by atoms with van der Waals surface area (Å²) in [5.41, 5.74) is 9.71. The van der Waals surface area contributed by atoms with Gasteiger partial charge in [-0.2, -0.15) is 5.12 Å². The molecule has 0 amide bonds. The second-order valence-electron chi connectivity index (χ2n) is 2.87. The van der Waals surface area contributed by atoms with E-state index in [1.54, 1.807) is 6.07 Å². The van der Waals surface area contributed by atoms with Crippen LogP contribution in [-0.4, -0.2) is 6.02 Å². The molecule has 3 N–H and O–H groups in total. The van der Waals surface area contributed by atoms with Gasteiger partial charge in [-0.05, 0) is 36.3 Å². The molecule has 1 aromatic rings. The van der Waals surface area contributed by atoms with Gasteiger partial charge in [-0.25, -0.2) is 0 Å². The highest BCUT2D eigenvalue weighted by molar-refractivity contribution is 6.30. The Morgan fingerprint density at radius 3 is 2.93 bits per heavy atom. The van der Waals surface area contributed by atoms with E-state index in [9.17, 15) is 0 Å². The number of nitrogens with two attached hydrogens (primary N) is 1. The Kier molecular flexibility index (Phi) is 2.18. The second-order valence-corrected chi connectivity index (χ2v) is 3.31. The van der Waals surface area contributed by atoms with E-state index in [1.165, 1.54) is 5.12 Å². The maximum atomic E-state index is 5.82. The molecule has 0 saturated carbocycles. The van der Waals surface area contributed by atoms with Gasteiger partial charge in [-0.1, -0.05) is 16.7 Å². The molecule has 1 aliphatic heterocycles. The Balaban J connectivity index is 2.33. The van der Waals surface area contributed by atoms with E-state index in [-0.39, 0.29) is 6.02 Å². The number of hydrogen-bond acceptors (Lipinski definition) is 5. The number of benzene rings is 1. The molecule has 74 valence electrons. The highest BCUT2D eigenvalue weighted by Crippen LogP contribution is 2.23. The molecule has 0 atom stereocenters. The summed E-state index contributed by atoms with van der Waals surface area (Å²) >= 11 is 5.82. The van der Waals surface area contributed by atoms with Crippen LogP contribution >= 0.6 is 11.6 Å². The summed E-state index contributed by atoms with van der Waals surface area (Å²) in [6.07, 6.45) is 0. The summed E-state index contributed by atoms with van der Waals surface area (Å²) in [4.78, 5) is 4.78. The Morgan fingerprint density at radius 1 is 1.57 bits per heavy atom. The average molecular weight is 213 g/mol. The van der Waals surface area contributed by atoms with Crippen molar-refractivity contribution in [2.45, 2.75) is 6.92 Å². The molecule has 6 heteroatoms. The number of nitrogens with zero attached hydrogens (tertiary/aromatic N) is 2. The van der Waals surface area contributed by atoms with Crippen molar-refractivity contribution in [1.29, 1.82) is 0 Å². The number of hydrogen-bond donors (Lipinski definition) is 2. The zero-order valence-electron chi connectivity index (χ0n) is 7.49. The first-order chi connectivity index (χ1) is 6.66. The fourth-order valence-electron chi connectivity index (χ4n) is 1.19. The maximum Gasteiger partial charge on any atom is 0.327 e. The third-order valence-electron chi connectivity index (χ3n) is 1.82. The summed E-state index contributed by atoms with van der Waals surface area (Å²) in [5, 5.41) is 6.03. The highest BCUT2D eigenvalue weighted by atomic mass is 35.5. The number of rotatable bonds is 1. The summed E-state index contributed by atoms with van der Waals surface area (Å²) in [6.45, 7) is 1.92. The lowest BCUT2D eigenvalue weighted by atomic mass is 10.2. The Hall–Kier alpha value is -1.46. The van der Waals surface area contributed by atoms with E-state index < -0.39 is 0 Å². The molecule has 0 radical (unpaired) electrons. The van der Waals surface area contributed by atoms with E-state index in [4.69, 9.17) is 22.2 Å². The first-order valence-electron chi connectivity index (χ1n) is 3.99. The normalized spacial score (nSPS) is 15.3. The van der Waals surface area contributed by atoms with Gasteiger partial charge in [0, 0.05) is 5.02 Å². The van der Waals surface area contributed by atoms with Crippen molar-refractivity contribution in [3.05, 3.63) is 28.8 Å². The molecule has 0 unspecified atom stereocenters. The van der Waals surface area contributed by atoms with Crippen LogP contribution in [0.3, 0.4) is 0 Å². The van der Waals surface area contributed by atoms with Crippen molar-refractivity contribution in [3.63, 3.8) is 0 Å². The first-order valence-corrected chi connectivity index (χ1v) is 4.37. The summed E-state index contributed by atoms with van der Waals surface area (Å²) in [6, 6.07) is 5.52. The monoisotopic (exact) mass is 212 g/mol. The van der Waals surface area contributed by atoms with Crippen LogP contribution in [0.4, 0.5) is 5.69 Å². The van der Waals surface area contributed by atoms with Crippen LogP contribution in [0.1, 0.15) is 5.56 Å². The maximum absolute atomic E-state index is 5.82. The molecule has 0 bridgehead atoms. The van der Waals surface area contributed by atoms with Gasteiger partial charge in [-0.3, -0.25) is 0 Å². The van der Waals surface area contributed by atoms with Crippen LogP contribution in [-0.2, 0) is 4.84 Å². The molecule has 0 spiro atoms. The van der Waals surface area contributed by atoms with Gasteiger partial charge in [-0.15, -0.1) is 0 Å². The summed E-state index contributed by atoms with van der Waals surface area (Å²) in [7, 11) is 0. The predicted octanol–water partition coefficient (Wildman–Crippen LogP) is 1.13. The van der Waals surface area contributed by atoms with Gasteiger partial charge >= 0.3 is 6.02 Å². The zero-order chi connectivity index (χ0) is 10.1. The number of hydrazine groups is 1. The fourth-order valence-corrected chi connectivity index (χ4v) is 1.42. The Morgan fingerprint density at radius 2 is 2.36 bits per heavy atom. The largest absolute Gasteiger partial charge is 0.351 e. The van der Waals surface area contributed by atoms with Crippen molar-refractivity contribution < 1.29 is 4.84 Å². The molecular weight excluding hydrogens is 204 g/mol. The lowest BCUT2D eigenvalue weighted by Crippen LogP contribution is -2.28. The van der Waals surface area contributed by atoms with Gasteiger partial charge in [0.25, 0.3) is 0 Å². The molecule has 1 aliphatic rings. The minimum atomic E-state index is 0.0827. The molecule has 0 aromatic heterocycles. The van der Waals surface area contributed by atoms with Crippen LogP contribution in [0.15, 0.2) is 23.3 Å². The lowest BCUT2D eigenvalue weighted by Gasteiger charge is -2.13. The Bertz CT molecular complexity index is 393. The highest BCUT2D eigenvalue weighted by Gasteiger charge is 2.15. The molecule has 5 nitrogen and oxygen atoms in total. The van der Waals surface area contributed by atoms with E-state index in [1.807, 2.05) is 19.1 Å². The van der Waals surface area contributed by atoms with E-state index in [2.05, 4.69) is 10.7 Å². The van der Waals surface area contributed by atoms with Crippen molar-refractivity contribution in [3.8, 4) is 0 Å². The van der Waals surface area contributed by atoms with Crippen molar-refractivity contribution in [2.24, 2.45) is 10.8 Å². The molecular formula is C8H9ClN4O. The van der Waals surface area contributed by atoms with Crippen LogP contribution in [0.5, 0.6) is 0 Å². The SMILES string of the molecule is Cc1cc(Cl)ccc1N1N=C(N)ON1. The molecule has 1 heterocycles. The zero-order valence-corrected chi connectivity index (χ0v) is 8.25. The molecule has 2 rings (SSSR count). The third kappa shape index (κ3) is 1.59. The van der Waals surface area contributed by atoms with E-state index in [0.29, 0.717) is 5.02 Å². The Labute approximate surface area is 86.0 Å². The molecule has 0 saturated heterocycles. The summed E-state index contributed by atoms with van der Waals surface area (Å²) in [5.74, 6) is 0. The quantitative estimate of drug-likeness (QED) is 0.733. The van der Waals surface area contributed by atoms with Gasteiger partial charge in [0.15, 0.2) is 0 Å². The van der Waals surface area contributed by atoms with Crippen LogP contribution in [0, 0.1) is 6.92 Å². The van der Waals surface area contributed by atoms with Crippen molar-refractivity contribution in [2.75, 3.05) is 5.12 Å². The number of halogens is 1. The molecule has 0 aliphatic carbocycles. The minimum Gasteiger partial charge on any atom is -0.351 e. The van der Waals surface area contributed by atoms with Crippen molar-refractivity contribution >= 4 is 23.3 Å². The fraction of sp³-hybridized carbons (Fsp3) is 0.125. The lowest BCUT2D eigenvalue weighted by molar-refractivity contribution is 0.199. The molecule has 0 fully saturated rings. The van der Waals surface area contributed by atoms with Gasteiger partial charge in [0.2, 0.25) is 0 Å². The third-order valence-corrected chi connectivity index (χ3v) is 2.06. The van der Waals surface area contributed by atoms with Gasteiger partial charge in [0.1, 0.15) is 0 Å². The van der Waals surface area contributed by atoms with Gasteiger partial charge in [0.05, 0.1) is 5.69 Å². The predicted molar refractivity (Wildman–Crippen MR) is 54.5 cm³/mol. The average Bonchev–Trinajstić information content (AvgIpc) is 2.51. The number of hydrazone groups is 1. The number of aryl methyl sites for hydroxylation is 1. The topological polar surface area (TPSA) is 62.9 Å².